The molecule has 3 heteroatoms. The van der Waals surface area contributed by atoms with E-state index in [4.69, 9.17) is 4.74 Å². The van der Waals surface area contributed by atoms with E-state index in [1.54, 1.807) is 24.3 Å². The van der Waals surface area contributed by atoms with E-state index >= 15 is 0 Å². The first-order chi connectivity index (χ1) is 11.2. The Morgan fingerprint density at radius 3 is 1.78 bits per heavy atom. The minimum Gasteiger partial charge on any atom is -0.504 e. The molecule has 0 atom stereocenters. The maximum absolute atomic E-state index is 10.1. The van der Waals surface area contributed by atoms with Crippen LogP contribution in [0.1, 0.15) is 11.1 Å². The predicted molar refractivity (Wildman–Crippen MR) is 91.7 cm³/mol. The monoisotopic (exact) mass is 304 g/mol. The number of ether oxygens (including phenoxy) is 1. The average molecular weight is 304 g/mol. The third kappa shape index (κ3) is 3.71. The topological polar surface area (TPSA) is 49.7 Å². The Balaban J connectivity index is 1.84. The molecular formula is C20H16O3. The molecule has 0 aliphatic carbocycles. The Hall–Kier alpha value is -3.20. The zero-order valence-electron chi connectivity index (χ0n) is 12.4. The van der Waals surface area contributed by atoms with Crippen LogP contribution in [0.15, 0.2) is 72.8 Å². The average Bonchev–Trinajstić information content (AvgIpc) is 2.58. The van der Waals surface area contributed by atoms with Crippen LogP contribution >= 0.6 is 0 Å². The lowest BCUT2D eigenvalue weighted by atomic mass is 10.1. The zero-order chi connectivity index (χ0) is 16.1. The van der Waals surface area contributed by atoms with E-state index in [2.05, 4.69) is 0 Å². The van der Waals surface area contributed by atoms with Crippen molar-refractivity contribution in [2.45, 2.75) is 0 Å². The standard InChI is InChI=1S/C20H16O3/c21-18-13-16(12-11-15-7-3-1-4-8-15)14-19(22)20(18)23-17-9-5-2-6-10-17/h1-14,21-22H/b12-11+. The highest BCUT2D eigenvalue weighted by Gasteiger charge is 2.11. The van der Waals surface area contributed by atoms with Gasteiger partial charge in [-0.1, -0.05) is 60.7 Å². The van der Waals surface area contributed by atoms with Gasteiger partial charge in [-0.15, -0.1) is 0 Å². The Morgan fingerprint density at radius 2 is 1.17 bits per heavy atom. The minimum absolute atomic E-state index is 0.0491. The summed E-state index contributed by atoms with van der Waals surface area (Å²) < 4.78 is 5.53. The molecule has 2 N–H and O–H groups in total. The van der Waals surface area contributed by atoms with Crippen molar-refractivity contribution in [1.29, 1.82) is 0 Å². The molecule has 0 amide bonds. The summed E-state index contributed by atoms with van der Waals surface area (Å²) in [5.74, 6) is 0.377. The smallest absolute Gasteiger partial charge is 0.210 e. The molecular weight excluding hydrogens is 288 g/mol. The fourth-order valence-electron chi connectivity index (χ4n) is 2.18. The Kier molecular flexibility index (Phi) is 4.29. The highest BCUT2D eigenvalue weighted by Crippen LogP contribution is 2.40. The Labute approximate surface area is 134 Å². The number of phenols is 2. The van der Waals surface area contributed by atoms with E-state index in [1.165, 1.54) is 0 Å². The van der Waals surface area contributed by atoms with Gasteiger partial charge in [0.2, 0.25) is 5.75 Å². The molecule has 114 valence electrons. The highest BCUT2D eigenvalue weighted by molar-refractivity contribution is 5.72. The fraction of sp³-hybridized carbons (Fsp3) is 0. The van der Waals surface area contributed by atoms with Crippen molar-refractivity contribution in [3.63, 3.8) is 0 Å². The number of rotatable bonds is 4. The summed E-state index contributed by atoms with van der Waals surface area (Å²) >= 11 is 0. The normalized spacial score (nSPS) is 10.8. The number of phenolic OH excluding ortho intramolecular Hbond substituents is 2. The lowest BCUT2D eigenvalue weighted by molar-refractivity contribution is 0.376. The number of aromatic hydroxyl groups is 2. The van der Waals surface area contributed by atoms with Gasteiger partial charge in [-0.2, -0.15) is 0 Å². The summed E-state index contributed by atoms with van der Waals surface area (Å²) in [5, 5.41) is 20.2. The first-order valence-corrected chi connectivity index (χ1v) is 7.24. The molecule has 0 aliphatic heterocycles. The number of hydrogen-bond acceptors (Lipinski definition) is 3. The quantitative estimate of drug-likeness (QED) is 0.662. The van der Waals surface area contributed by atoms with Crippen molar-refractivity contribution in [3.05, 3.63) is 83.9 Å². The molecule has 3 nitrogen and oxygen atoms in total. The molecule has 0 fully saturated rings. The largest absolute Gasteiger partial charge is 0.504 e. The molecule has 0 saturated carbocycles. The van der Waals surface area contributed by atoms with Gasteiger partial charge in [0.1, 0.15) is 5.75 Å². The summed E-state index contributed by atoms with van der Waals surface area (Å²) in [4.78, 5) is 0. The lowest BCUT2D eigenvalue weighted by Gasteiger charge is -2.10. The number of para-hydroxylation sites is 1. The van der Waals surface area contributed by atoms with Crippen molar-refractivity contribution in [2.24, 2.45) is 0 Å². The number of benzene rings is 3. The first-order valence-electron chi connectivity index (χ1n) is 7.24. The molecule has 0 saturated heterocycles. The van der Waals surface area contributed by atoms with E-state index in [1.807, 2.05) is 60.7 Å². The van der Waals surface area contributed by atoms with Gasteiger partial charge in [-0.05, 0) is 35.4 Å². The molecule has 3 aromatic carbocycles. The van der Waals surface area contributed by atoms with Crippen LogP contribution in [-0.4, -0.2) is 10.2 Å². The molecule has 0 heterocycles. The summed E-state index contributed by atoms with van der Waals surface area (Å²) in [6.07, 6.45) is 3.73. The van der Waals surface area contributed by atoms with Crippen LogP contribution in [0.4, 0.5) is 0 Å². The van der Waals surface area contributed by atoms with Crippen LogP contribution in [0.3, 0.4) is 0 Å². The predicted octanol–water partition coefficient (Wildman–Crippen LogP) is 5.06. The molecule has 23 heavy (non-hydrogen) atoms. The Morgan fingerprint density at radius 1 is 0.652 bits per heavy atom. The van der Waals surface area contributed by atoms with E-state index < -0.39 is 0 Å². The van der Waals surface area contributed by atoms with E-state index in [-0.39, 0.29) is 17.2 Å². The van der Waals surface area contributed by atoms with Gasteiger partial charge < -0.3 is 14.9 Å². The summed E-state index contributed by atoms with van der Waals surface area (Å²) in [7, 11) is 0. The molecule has 0 unspecified atom stereocenters. The second-order valence-electron chi connectivity index (χ2n) is 5.05. The first kappa shape index (κ1) is 14.7. The van der Waals surface area contributed by atoms with Crippen LogP contribution in [-0.2, 0) is 0 Å². The maximum Gasteiger partial charge on any atom is 0.210 e. The minimum atomic E-state index is -0.110. The van der Waals surface area contributed by atoms with Crippen molar-refractivity contribution < 1.29 is 14.9 Å². The molecule has 3 rings (SSSR count). The zero-order valence-corrected chi connectivity index (χ0v) is 12.4. The highest BCUT2D eigenvalue weighted by atomic mass is 16.5. The van der Waals surface area contributed by atoms with Crippen LogP contribution in [0.2, 0.25) is 0 Å². The molecule has 0 bridgehead atoms. The van der Waals surface area contributed by atoms with Crippen LogP contribution in [0.25, 0.3) is 12.2 Å². The van der Waals surface area contributed by atoms with Gasteiger partial charge in [0, 0.05) is 0 Å². The molecule has 0 radical (unpaired) electrons. The van der Waals surface area contributed by atoms with Crippen molar-refractivity contribution >= 4 is 12.2 Å². The summed E-state index contributed by atoms with van der Waals surface area (Å²) in [6, 6.07) is 21.9. The third-order valence-corrected chi connectivity index (χ3v) is 3.30. The van der Waals surface area contributed by atoms with Gasteiger partial charge in [-0.3, -0.25) is 0 Å². The second kappa shape index (κ2) is 6.71. The molecule has 0 aromatic heterocycles. The Bertz CT molecular complexity index is 786. The van der Waals surface area contributed by atoms with Crippen molar-refractivity contribution in [3.8, 4) is 23.0 Å². The van der Waals surface area contributed by atoms with Crippen LogP contribution in [0, 0.1) is 0 Å². The number of hydrogen-bond donors (Lipinski definition) is 2. The molecule has 3 aromatic rings. The summed E-state index contributed by atoms with van der Waals surface area (Å²) in [6.45, 7) is 0. The maximum atomic E-state index is 10.1. The fourth-order valence-corrected chi connectivity index (χ4v) is 2.18. The van der Waals surface area contributed by atoms with Gasteiger partial charge in [0.05, 0.1) is 0 Å². The van der Waals surface area contributed by atoms with Crippen molar-refractivity contribution in [1.82, 2.24) is 0 Å². The van der Waals surface area contributed by atoms with Gasteiger partial charge in [0.25, 0.3) is 0 Å². The van der Waals surface area contributed by atoms with E-state index in [0.29, 0.717) is 11.3 Å². The second-order valence-corrected chi connectivity index (χ2v) is 5.05. The third-order valence-electron chi connectivity index (χ3n) is 3.30. The van der Waals surface area contributed by atoms with E-state index in [9.17, 15) is 10.2 Å². The lowest BCUT2D eigenvalue weighted by Crippen LogP contribution is -1.86. The van der Waals surface area contributed by atoms with Crippen LogP contribution < -0.4 is 4.74 Å². The SMILES string of the molecule is Oc1cc(/C=C/c2ccccc2)cc(O)c1Oc1ccccc1. The van der Waals surface area contributed by atoms with E-state index in [0.717, 1.165) is 5.56 Å². The summed E-state index contributed by atoms with van der Waals surface area (Å²) in [5.41, 5.74) is 1.72. The van der Waals surface area contributed by atoms with Crippen molar-refractivity contribution in [2.75, 3.05) is 0 Å². The molecule has 0 spiro atoms. The van der Waals surface area contributed by atoms with Crippen LogP contribution in [0.5, 0.6) is 23.0 Å². The molecule has 0 aliphatic rings. The van der Waals surface area contributed by atoms with Gasteiger partial charge >= 0.3 is 0 Å². The van der Waals surface area contributed by atoms with Gasteiger partial charge in [-0.25, -0.2) is 0 Å². The van der Waals surface area contributed by atoms with Gasteiger partial charge in [0.15, 0.2) is 11.5 Å².